The van der Waals surface area contributed by atoms with Crippen LogP contribution in [0.25, 0.3) is 0 Å². The van der Waals surface area contributed by atoms with Gasteiger partial charge in [0.1, 0.15) is 11.6 Å². The van der Waals surface area contributed by atoms with E-state index >= 15 is 0 Å². The predicted molar refractivity (Wildman–Crippen MR) is 140 cm³/mol. The van der Waals surface area contributed by atoms with Gasteiger partial charge >= 0.3 is 11.9 Å². The first-order chi connectivity index (χ1) is 16.8. The molecule has 2 aromatic rings. The Bertz CT molecular complexity index is 1130. The lowest BCUT2D eigenvalue weighted by molar-refractivity contribution is -0.174. The van der Waals surface area contributed by atoms with Crippen molar-refractivity contribution in [1.29, 1.82) is 0 Å². The van der Waals surface area contributed by atoms with Gasteiger partial charge in [0, 0.05) is 16.0 Å². The molecule has 36 heavy (non-hydrogen) atoms. The van der Waals surface area contributed by atoms with Gasteiger partial charge in [0.2, 0.25) is 5.91 Å². The van der Waals surface area contributed by atoms with Gasteiger partial charge in [-0.2, -0.15) is 0 Å². The number of benzene rings is 2. The van der Waals surface area contributed by atoms with Gasteiger partial charge in [-0.25, -0.2) is 4.79 Å². The molecule has 1 fully saturated rings. The number of amides is 1. The molecule has 0 saturated carbocycles. The molecule has 0 bridgehead atoms. The lowest BCUT2D eigenvalue weighted by atomic mass is 9.67. The van der Waals surface area contributed by atoms with Gasteiger partial charge in [0.25, 0.3) is 0 Å². The maximum atomic E-state index is 14.2. The Morgan fingerprint density at radius 1 is 1.11 bits per heavy atom. The molecule has 1 amide bonds. The summed E-state index contributed by atoms with van der Waals surface area (Å²) in [5, 5.41) is 10.8. The lowest BCUT2D eigenvalue weighted by Crippen LogP contribution is -2.58. The van der Waals surface area contributed by atoms with E-state index in [4.69, 9.17) is 27.9 Å². The number of hydrogen-bond acceptors (Lipinski definition) is 4. The van der Waals surface area contributed by atoms with E-state index in [0.29, 0.717) is 16.5 Å². The summed E-state index contributed by atoms with van der Waals surface area (Å²) in [7, 11) is 0. The van der Waals surface area contributed by atoms with Crippen LogP contribution < -0.4 is 0 Å². The van der Waals surface area contributed by atoms with Crippen LogP contribution in [0.4, 0.5) is 0 Å². The second-order valence-electron chi connectivity index (χ2n) is 10.7. The fourth-order valence-corrected chi connectivity index (χ4v) is 5.39. The van der Waals surface area contributed by atoms with Crippen LogP contribution in [-0.4, -0.2) is 39.5 Å². The molecule has 1 aliphatic rings. The minimum atomic E-state index is -1.24. The Morgan fingerprint density at radius 2 is 1.75 bits per heavy atom. The molecule has 2 unspecified atom stereocenters. The molecule has 0 aliphatic carbocycles. The van der Waals surface area contributed by atoms with Crippen molar-refractivity contribution in [2.75, 3.05) is 0 Å². The van der Waals surface area contributed by atoms with Crippen molar-refractivity contribution in [3.8, 4) is 0 Å². The highest BCUT2D eigenvalue weighted by Crippen LogP contribution is 2.52. The first kappa shape index (κ1) is 28.0. The van der Waals surface area contributed by atoms with Crippen LogP contribution in [-0.2, 0) is 19.1 Å². The van der Waals surface area contributed by atoms with E-state index in [0.717, 1.165) is 11.1 Å². The Labute approximate surface area is 222 Å². The van der Waals surface area contributed by atoms with Gasteiger partial charge < -0.3 is 14.7 Å². The number of carboxylic acids is 1. The van der Waals surface area contributed by atoms with Gasteiger partial charge in [-0.15, -0.1) is 0 Å². The van der Waals surface area contributed by atoms with Crippen molar-refractivity contribution in [3.63, 3.8) is 0 Å². The maximum Gasteiger partial charge on any atom is 0.329 e. The Morgan fingerprint density at radius 3 is 2.28 bits per heavy atom. The van der Waals surface area contributed by atoms with Crippen LogP contribution in [0.1, 0.15) is 77.0 Å². The van der Waals surface area contributed by atoms with Gasteiger partial charge in [-0.05, 0) is 69.0 Å². The third-order valence-corrected chi connectivity index (χ3v) is 7.02. The summed E-state index contributed by atoms with van der Waals surface area (Å²) in [6.07, 6.45) is 0.209. The number of piperidine rings is 1. The summed E-state index contributed by atoms with van der Waals surface area (Å²) >= 11 is 12.5. The molecular formula is C28H33Cl2NO5. The quantitative estimate of drug-likeness (QED) is 0.402. The Hall–Kier alpha value is -2.57. The van der Waals surface area contributed by atoms with Crippen LogP contribution in [0.2, 0.25) is 10.0 Å². The topological polar surface area (TPSA) is 83.9 Å². The van der Waals surface area contributed by atoms with Crippen LogP contribution in [0, 0.1) is 5.41 Å². The van der Waals surface area contributed by atoms with Gasteiger partial charge in [0.15, 0.2) is 0 Å². The Balaban J connectivity index is 2.25. The van der Waals surface area contributed by atoms with Gasteiger partial charge in [-0.3, -0.25) is 9.59 Å². The van der Waals surface area contributed by atoms with E-state index in [-0.39, 0.29) is 24.7 Å². The van der Waals surface area contributed by atoms with Crippen molar-refractivity contribution in [3.05, 3.63) is 69.7 Å². The van der Waals surface area contributed by atoms with Crippen molar-refractivity contribution < 1.29 is 24.2 Å². The highest BCUT2D eigenvalue weighted by atomic mass is 35.5. The Kier molecular flexibility index (Phi) is 8.41. The third-order valence-electron chi connectivity index (χ3n) is 6.53. The maximum absolute atomic E-state index is 14.2. The number of halogens is 2. The molecule has 2 aromatic carbocycles. The average Bonchev–Trinajstić information content (AvgIpc) is 2.76. The summed E-state index contributed by atoms with van der Waals surface area (Å²) in [5.74, 6) is -2.32. The molecule has 6 nitrogen and oxygen atoms in total. The summed E-state index contributed by atoms with van der Waals surface area (Å²) in [5.41, 5.74) is -0.347. The summed E-state index contributed by atoms with van der Waals surface area (Å²) in [6.45, 7) is 8.80. The predicted octanol–water partition coefficient (Wildman–Crippen LogP) is 6.65. The van der Waals surface area contributed by atoms with E-state index in [1.54, 1.807) is 50.8 Å². The second-order valence-corrected chi connectivity index (χ2v) is 11.5. The monoisotopic (exact) mass is 533 g/mol. The van der Waals surface area contributed by atoms with E-state index in [1.165, 1.54) is 0 Å². The summed E-state index contributed by atoms with van der Waals surface area (Å²) in [6, 6.07) is 13.0. The number of nitrogens with zero attached hydrogens (tertiary/aromatic N) is 1. The number of hydrogen-bond donors (Lipinski definition) is 1. The molecule has 4 atom stereocenters. The van der Waals surface area contributed by atoms with E-state index in [1.807, 2.05) is 37.3 Å². The molecular weight excluding hydrogens is 501 g/mol. The van der Waals surface area contributed by atoms with Crippen molar-refractivity contribution in [2.24, 2.45) is 5.41 Å². The SMILES string of the molecule is CCC(C(=O)OC(C)(C)C)N1C(=O)[C@@](C)(CC(=O)O)CC(c2cccc(Cl)c2)[C@H]1c1ccc(Cl)cc1. The molecule has 8 heteroatoms. The molecule has 1 heterocycles. The zero-order valence-electron chi connectivity index (χ0n) is 21.3. The molecule has 1 N–H and O–H groups in total. The molecule has 1 saturated heterocycles. The fraction of sp³-hybridized carbons (Fsp3) is 0.464. The van der Waals surface area contributed by atoms with E-state index < -0.39 is 35.0 Å². The molecule has 194 valence electrons. The summed E-state index contributed by atoms with van der Waals surface area (Å²) < 4.78 is 5.71. The molecule has 0 aromatic heterocycles. The van der Waals surface area contributed by atoms with E-state index in [2.05, 4.69) is 0 Å². The zero-order chi connectivity index (χ0) is 26.8. The fourth-order valence-electron chi connectivity index (χ4n) is 5.07. The number of carboxylic acid groups (broad SMARTS) is 1. The molecule has 0 spiro atoms. The van der Waals surface area contributed by atoms with Crippen molar-refractivity contribution in [1.82, 2.24) is 4.90 Å². The van der Waals surface area contributed by atoms with Crippen LogP contribution in [0.5, 0.6) is 0 Å². The number of esters is 1. The van der Waals surface area contributed by atoms with Crippen LogP contribution >= 0.6 is 23.2 Å². The number of ether oxygens (including phenoxy) is 1. The van der Waals surface area contributed by atoms with Crippen molar-refractivity contribution in [2.45, 2.75) is 77.5 Å². The third kappa shape index (κ3) is 6.22. The smallest absolute Gasteiger partial charge is 0.329 e. The zero-order valence-corrected chi connectivity index (χ0v) is 22.8. The number of rotatable bonds is 7. The average molecular weight is 534 g/mol. The molecule has 1 aliphatic heterocycles. The first-order valence-electron chi connectivity index (χ1n) is 12.0. The second kappa shape index (κ2) is 10.8. The highest BCUT2D eigenvalue weighted by molar-refractivity contribution is 6.30. The van der Waals surface area contributed by atoms with Crippen LogP contribution in [0.15, 0.2) is 48.5 Å². The van der Waals surface area contributed by atoms with Crippen molar-refractivity contribution >= 4 is 41.0 Å². The van der Waals surface area contributed by atoms with Gasteiger partial charge in [0.05, 0.1) is 17.9 Å². The number of aliphatic carboxylic acids is 1. The minimum Gasteiger partial charge on any atom is -0.481 e. The minimum absolute atomic E-state index is 0.271. The number of likely N-dealkylation sites (tertiary alicyclic amines) is 1. The molecule has 0 radical (unpaired) electrons. The highest BCUT2D eigenvalue weighted by Gasteiger charge is 2.53. The first-order valence-corrected chi connectivity index (χ1v) is 12.8. The molecule has 3 rings (SSSR count). The number of carbonyl (C=O) groups excluding carboxylic acids is 2. The van der Waals surface area contributed by atoms with Gasteiger partial charge in [-0.1, -0.05) is 61.3 Å². The lowest BCUT2D eigenvalue weighted by Gasteiger charge is -2.51. The van der Waals surface area contributed by atoms with E-state index in [9.17, 15) is 19.5 Å². The largest absolute Gasteiger partial charge is 0.481 e. The van der Waals surface area contributed by atoms with Crippen LogP contribution in [0.3, 0.4) is 0 Å². The summed E-state index contributed by atoms with van der Waals surface area (Å²) in [4.78, 5) is 41.0. The standard InChI is InChI=1S/C28H33Cl2NO5/c1-6-22(25(34)36-27(2,3)4)31-24(17-10-12-19(29)13-11-17)21(18-8-7-9-20(30)14-18)15-28(5,26(31)35)16-23(32)33/h7-14,21-22,24H,6,15-16H2,1-5H3,(H,32,33)/t21?,22?,24-,28-/m1/s1. The number of carbonyl (C=O) groups is 3. The normalized spacial score (nSPS) is 23.3.